The van der Waals surface area contributed by atoms with Crippen LogP contribution in [0.4, 0.5) is 8.78 Å². The Morgan fingerprint density at radius 3 is 2.82 bits per heavy atom. The van der Waals surface area contributed by atoms with Gasteiger partial charge in [-0.05, 0) is 43.0 Å². The number of nitrogens with zero attached hydrogens (tertiary/aromatic N) is 2. The van der Waals surface area contributed by atoms with E-state index in [1.807, 2.05) is 13.0 Å². The summed E-state index contributed by atoms with van der Waals surface area (Å²) in [5.74, 6) is -2.93. The normalized spacial score (nSPS) is 11.0. The summed E-state index contributed by atoms with van der Waals surface area (Å²) in [7, 11) is 0. The zero-order chi connectivity index (χ0) is 16.1. The molecule has 0 atom stereocenters. The second-order valence-electron chi connectivity index (χ2n) is 4.26. The van der Waals surface area contributed by atoms with Gasteiger partial charge < -0.3 is 4.90 Å². The van der Waals surface area contributed by atoms with E-state index in [4.69, 9.17) is 11.6 Å². The second kappa shape index (κ2) is 7.89. The molecule has 118 valence electrons. The molecule has 0 radical (unpaired) electrons. The maximum Gasteiger partial charge on any atom is 0.290 e. The minimum Gasteiger partial charge on any atom is -0.334 e. The van der Waals surface area contributed by atoms with Crippen molar-refractivity contribution >= 4 is 40.6 Å². The summed E-state index contributed by atoms with van der Waals surface area (Å²) >= 11 is 7.56. The van der Waals surface area contributed by atoms with Gasteiger partial charge in [0.2, 0.25) is 0 Å². The molecule has 0 aliphatic rings. The number of halogens is 3. The van der Waals surface area contributed by atoms with E-state index in [-0.39, 0.29) is 28.3 Å². The van der Waals surface area contributed by atoms with E-state index in [0.717, 1.165) is 4.88 Å². The fraction of sp³-hybridized carbons (Fsp3) is 0.286. The Morgan fingerprint density at radius 2 is 2.23 bits per heavy atom. The van der Waals surface area contributed by atoms with Gasteiger partial charge in [0, 0.05) is 17.6 Å². The first-order chi connectivity index (χ1) is 10.5. The molecule has 2 rings (SSSR count). The van der Waals surface area contributed by atoms with Crippen molar-refractivity contribution in [2.45, 2.75) is 24.3 Å². The molecule has 0 aliphatic heterocycles. The van der Waals surface area contributed by atoms with Crippen molar-refractivity contribution in [1.29, 1.82) is 0 Å². The van der Waals surface area contributed by atoms with Crippen LogP contribution in [0.25, 0.3) is 0 Å². The van der Waals surface area contributed by atoms with Crippen molar-refractivity contribution in [3.05, 3.63) is 45.2 Å². The van der Waals surface area contributed by atoms with Crippen molar-refractivity contribution in [1.82, 2.24) is 9.88 Å². The number of hydrogen-bond acceptors (Lipinski definition) is 4. The Bertz CT molecular complexity index is 651. The number of thiophene rings is 1. The number of rotatable bonds is 6. The quantitative estimate of drug-likeness (QED) is 0.694. The van der Waals surface area contributed by atoms with Crippen LogP contribution >= 0.6 is 34.7 Å². The van der Waals surface area contributed by atoms with Crippen LogP contribution in [-0.2, 0) is 6.54 Å². The number of amides is 1. The molecule has 22 heavy (non-hydrogen) atoms. The lowest BCUT2D eigenvalue weighted by molar-refractivity contribution is 0.0750. The maximum atomic E-state index is 12.6. The molecule has 0 saturated carbocycles. The van der Waals surface area contributed by atoms with Crippen molar-refractivity contribution < 1.29 is 13.6 Å². The highest BCUT2D eigenvalue weighted by molar-refractivity contribution is 7.99. The van der Waals surface area contributed by atoms with E-state index < -0.39 is 5.76 Å². The zero-order valence-corrected chi connectivity index (χ0v) is 14.0. The van der Waals surface area contributed by atoms with E-state index in [0.29, 0.717) is 17.4 Å². The Balaban J connectivity index is 2.21. The van der Waals surface area contributed by atoms with Crippen molar-refractivity contribution in [2.24, 2.45) is 0 Å². The fourth-order valence-corrected chi connectivity index (χ4v) is 3.53. The van der Waals surface area contributed by atoms with Gasteiger partial charge in [-0.1, -0.05) is 11.6 Å². The number of hydrogen-bond donors (Lipinski definition) is 0. The first-order valence-corrected chi connectivity index (χ1v) is 8.52. The van der Waals surface area contributed by atoms with E-state index in [1.54, 1.807) is 17.0 Å². The lowest BCUT2D eigenvalue weighted by atomic mass is 10.2. The average Bonchev–Trinajstić information content (AvgIpc) is 2.89. The maximum absolute atomic E-state index is 12.6. The number of aromatic nitrogens is 1. The van der Waals surface area contributed by atoms with Gasteiger partial charge >= 0.3 is 0 Å². The van der Waals surface area contributed by atoms with Crippen LogP contribution in [0.3, 0.4) is 0 Å². The summed E-state index contributed by atoms with van der Waals surface area (Å²) in [4.78, 5) is 19.0. The summed E-state index contributed by atoms with van der Waals surface area (Å²) in [6.45, 7) is 2.69. The van der Waals surface area contributed by atoms with Crippen LogP contribution in [0.2, 0.25) is 4.34 Å². The van der Waals surface area contributed by atoms with Crippen molar-refractivity contribution in [2.75, 3.05) is 6.54 Å². The topological polar surface area (TPSA) is 33.2 Å². The molecule has 1 amide bonds. The molecular formula is C14H13ClF2N2OS2. The third-order valence-electron chi connectivity index (χ3n) is 2.85. The molecule has 0 aromatic carbocycles. The first-order valence-electron chi connectivity index (χ1n) is 6.44. The summed E-state index contributed by atoms with van der Waals surface area (Å²) in [6.07, 6.45) is 1.40. The number of carbonyl (C=O) groups is 1. The summed E-state index contributed by atoms with van der Waals surface area (Å²) in [5.41, 5.74) is 0.192. The molecular weight excluding hydrogens is 350 g/mol. The zero-order valence-electron chi connectivity index (χ0n) is 11.6. The van der Waals surface area contributed by atoms with Gasteiger partial charge in [0.1, 0.15) is 5.03 Å². The molecule has 0 unspecified atom stereocenters. The molecule has 0 N–H and O–H groups in total. The molecule has 3 nitrogen and oxygen atoms in total. The molecule has 2 aromatic heterocycles. The van der Waals surface area contributed by atoms with Crippen molar-refractivity contribution in [3.63, 3.8) is 0 Å². The van der Waals surface area contributed by atoms with Gasteiger partial charge in [-0.25, -0.2) is 4.98 Å². The van der Waals surface area contributed by atoms with Crippen LogP contribution in [0.5, 0.6) is 0 Å². The van der Waals surface area contributed by atoms with Crippen LogP contribution in [0, 0.1) is 0 Å². The minimum atomic E-state index is -2.62. The number of carbonyl (C=O) groups excluding carboxylic acids is 1. The van der Waals surface area contributed by atoms with Crippen molar-refractivity contribution in [3.8, 4) is 0 Å². The lowest BCUT2D eigenvalue weighted by Gasteiger charge is -2.21. The molecule has 0 saturated heterocycles. The van der Waals surface area contributed by atoms with Gasteiger partial charge in [0.25, 0.3) is 11.7 Å². The molecule has 0 fully saturated rings. The Morgan fingerprint density at radius 1 is 1.45 bits per heavy atom. The van der Waals surface area contributed by atoms with Gasteiger partial charge in [-0.3, -0.25) is 4.79 Å². The highest BCUT2D eigenvalue weighted by Crippen LogP contribution is 2.28. The first kappa shape index (κ1) is 17.2. The van der Waals surface area contributed by atoms with Gasteiger partial charge in [0.15, 0.2) is 0 Å². The molecule has 2 heterocycles. The average molecular weight is 363 g/mol. The third kappa shape index (κ3) is 4.41. The van der Waals surface area contributed by atoms with Gasteiger partial charge in [0.05, 0.1) is 16.4 Å². The highest BCUT2D eigenvalue weighted by Gasteiger charge is 2.21. The van der Waals surface area contributed by atoms with Gasteiger partial charge in [-0.15, -0.1) is 11.3 Å². The molecule has 8 heteroatoms. The van der Waals surface area contributed by atoms with Crippen LogP contribution in [0.1, 0.15) is 22.2 Å². The number of thioether (sulfide) groups is 1. The fourth-order valence-electron chi connectivity index (χ4n) is 1.85. The van der Waals surface area contributed by atoms with Crippen LogP contribution < -0.4 is 0 Å². The Kier molecular flexibility index (Phi) is 6.16. The predicted octanol–water partition coefficient (Wildman–Crippen LogP) is 4.77. The van der Waals surface area contributed by atoms with Gasteiger partial charge in [-0.2, -0.15) is 8.78 Å². The SMILES string of the molecule is CCN(Cc1ccc(Cl)s1)C(=O)c1cccnc1SC(F)F. The highest BCUT2D eigenvalue weighted by atomic mass is 35.5. The Hall–Kier alpha value is -1.18. The minimum absolute atomic E-state index is 0.0464. The third-order valence-corrected chi connectivity index (χ3v) is 4.79. The predicted molar refractivity (Wildman–Crippen MR) is 85.8 cm³/mol. The number of alkyl halides is 2. The molecule has 0 spiro atoms. The summed E-state index contributed by atoms with van der Waals surface area (Å²) in [5, 5.41) is 0.0464. The molecule has 0 aliphatic carbocycles. The van der Waals surface area contributed by atoms with Crippen LogP contribution in [0.15, 0.2) is 35.5 Å². The second-order valence-corrected chi connectivity index (χ2v) is 7.04. The Labute approximate surface area is 140 Å². The largest absolute Gasteiger partial charge is 0.334 e. The lowest BCUT2D eigenvalue weighted by Crippen LogP contribution is -2.30. The standard InChI is InChI=1S/C14H13ClF2N2OS2/c1-2-19(8-9-5-6-11(15)21-9)13(20)10-4-3-7-18-12(10)22-14(16)17/h3-7,14H,2,8H2,1H3. The van der Waals surface area contributed by atoms with Crippen LogP contribution in [-0.4, -0.2) is 28.1 Å². The van der Waals surface area contributed by atoms with E-state index in [2.05, 4.69) is 4.98 Å². The summed E-state index contributed by atoms with van der Waals surface area (Å²) < 4.78 is 25.8. The summed E-state index contributed by atoms with van der Waals surface area (Å²) in [6, 6.07) is 6.70. The van der Waals surface area contributed by atoms with E-state index in [1.165, 1.54) is 23.6 Å². The van der Waals surface area contributed by atoms with E-state index >= 15 is 0 Å². The monoisotopic (exact) mass is 362 g/mol. The number of pyridine rings is 1. The van der Waals surface area contributed by atoms with E-state index in [9.17, 15) is 13.6 Å². The molecule has 2 aromatic rings. The molecule has 0 bridgehead atoms. The smallest absolute Gasteiger partial charge is 0.290 e.